The van der Waals surface area contributed by atoms with Crippen LogP contribution < -0.4 is 9.47 Å². The Morgan fingerprint density at radius 3 is 2.31 bits per heavy atom. The molecule has 1 amide bonds. The Bertz CT molecular complexity index is 596. The molecule has 1 aromatic carbocycles. The molecule has 1 aromatic rings. The van der Waals surface area contributed by atoms with Crippen LogP contribution in [0.2, 0.25) is 0 Å². The minimum absolute atomic E-state index is 0.0508. The summed E-state index contributed by atoms with van der Waals surface area (Å²) >= 11 is 0. The van der Waals surface area contributed by atoms with Crippen molar-refractivity contribution in [2.75, 3.05) is 66.8 Å². The maximum atomic E-state index is 13.0. The number of nitrogens with zero attached hydrogens (tertiary/aromatic N) is 2. The van der Waals surface area contributed by atoms with Gasteiger partial charge < -0.3 is 24.2 Å². The van der Waals surface area contributed by atoms with Crippen LogP contribution in [0.3, 0.4) is 0 Å². The Labute approximate surface area is 154 Å². The number of ether oxygens (including phenoxy) is 3. The highest BCUT2D eigenvalue weighted by atomic mass is 16.5. The Morgan fingerprint density at radius 1 is 1.12 bits per heavy atom. The van der Waals surface area contributed by atoms with Gasteiger partial charge in [-0.05, 0) is 18.1 Å². The van der Waals surface area contributed by atoms with Gasteiger partial charge in [-0.25, -0.2) is 0 Å². The normalized spacial score (nSPS) is 23.9. The first-order chi connectivity index (χ1) is 12.6. The van der Waals surface area contributed by atoms with Gasteiger partial charge in [-0.2, -0.15) is 0 Å². The van der Waals surface area contributed by atoms with Crippen molar-refractivity contribution in [3.8, 4) is 11.5 Å². The van der Waals surface area contributed by atoms with Crippen LogP contribution in [0.4, 0.5) is 0 Å². The molecule has 2 atom stereocenters. The average molecular weight is 364 g/mol. The number of hydrogen-bond acceptors (Lipinski definition) is 6. The van der Waals surface area contributed by atoms with E-state index in [1.807, 2.05) is 4.90 Å². The molecule has 0 aromatic heterocycles. The summed E-state index contributed by atoms with van der Waals surface area (Å²) in [4.78, 5) is 17.2. The van der Waals surface area contributed by atoms with Gasteiger partial charge in [0, 0.05) is 56.9 Å². The molecule has 0 radical (unpaired) electrons. The van der Waals surface area contributed by atoms with Crippen LogP contribution in [0.1, 0.15) is 10.4 Å². The first kappa shape index (κ1) is 18.9. The molecule has 0 saturated carbocycles. The minimum Gasteiger partial charge on any atom is -0.497 e. The van der Waals surface area contributed by atoms with E-state index in [9.17, 15) is 9.90 Å². The zero-order chi connectivity index (χ0) is 18.5. The molecular formula is C19H28N2O5. The lowest BCUT2D eigenvalue weighted by molar-refractivity contribution is 0.0264. The molecular weight excluding hydrogens is 336 g/mol. The maximum absolute atomic E-state index is 13.0. The molecule has 1 N–H and O–H groups in total. The van der Waals surface area contributed by atoms with Crippen molar-refractivity contribution in [1.82, 2.24) is 9.80 Å². The zero-order valence-corrected chi connectivity index (χ0v) is 15.5. The molecule has 0 unspecified atom stereocenters. The topological polar surface area (TPSA) is 71.5 Å². The predicted octanol–water partition coefficient (Wildman–Crippen LogP) is 0.717. The largest absolute Gasteiger partial charge is 0.497 e. The highest BCUT2D eigenvalue weighted by molar-refractivity contribution is 5.95. The summed E-state index contributed by atoms with van der Waals surface area (Å²) < 4.78 is 15.9. The minimum atomic E-state index is -0.0508. The number of rotatable bonds is 6. The van der Waals surface area contributed by atoms with Gasteiger partial charge in [0.1, 0.15) is 11.5 Å². The zero-order valence-electron chi connectivity index (χ0n) is 15.5. The van der Waals surface area contributed by atoms with Gasteiger partial charge >= 0.3 is 0 Å². The average Bonchev–Trinajstić information content (AvgIpc) is 3.10. The van der Waals surface area contributed by atoms with Crippen LogP contribution in [0.15, 0.2) is 18.2 Å². The van der Waals surface area contributed by atoms with E-state index in [4.69, 9.17) is 14.2 Å². The van der Waals surface area contributed by atoms with E-state index in [0.717, 1.165) is 32.8 Å². The fourth-order valence-electron chi connectivity index (χ4n) is 3.75. The van der Waals surface area contributed by atoms with Crippen LogP contribution in [0.5, 0.6) is 11.5 Å². The number of aliphatic hydroxyl groups is 1. The van der Waals surface area contributed by atoms with Crippen molar-refractivity contribution in [2.24, 2.45) is 11.8 Å². The van der Waals surface area contributed by atoms with Crippen LogP contribution in [0, 0.1) is 11.8 Å². The molecule has 3 rings (SSSR count). The third-order valence-corrected chi connectivity index (χ3v) is 5.29. The van der Waals surface area contributed by atoms with Crippen molar-refractivity contribution in [1.29, 1.82) is 0 Å². The number of carbonyl (C=O) groups is 1. The molecule has 2 saturated heterocycles. The van der Waals surface area contributed by atoms with Crippen LogP contribution in [-0.4, -0.2) is 87.6 Å². The fourth-order valence-corrected chi connectivity index (χ4v) is 3.75. The predicted molar refractivity (Wildman–Crippen MR) is 96.8 cm³/mol. The molecule has 7 heteroatoms. The van der Waals surface area contributed by atoms with Crippen LogP contribution in [-0.2, 0) is 4.74 Å². The van der Waals surface area contributed by atoms with Gasteiger partial charge in [0.25, 0.3) is 5.91 Å². The molecule has 2 heterocycles. The number of likely N-dealkylation sites (tertiary alicyclic amines) is 1. The molecule has 144 valence electrons. The second kappa shape index (κ2) is 8.70. The molecule has 0 bridgehead atoms. The lowest BCUT2D eigenvalue weighted by atomic mass is 9.96. The van der Waals surface area contributed by atoms with Crippen LogP contribution >= 0.6 is 0 Å². The van der Waals surface area contributed by atoms with Gasteiger partial charge in [0.05, 0.1) is 27.4 Å². The van der Waals surface area contributed by atoms with E-state index in [-0.39, 0.29) is 24.3 Å². The monoisotopic (exact) mass is 364 g/mol. The lowest BCUT2D eigenvalue weighted by Gasteiger charge is -2.30. The molecule has 0 aliphatic carbocycles. The molecule has 7 nitrogen and oxygen atoms in total. The Balaban J connectivity index is 1.70. The highest BCUT2D eigenvalue weighted by Crippen LogP contribution is 2.28. The van der Waals surface area contributed by atoms with Gasteiger partial charge in [0.2, 0.25) is 0 Å². The number of hydrogen-bond donors (Lipinski definition) is 1. The van der Waals surface area contributed by atoms with Crippen molar-refractivity contribution in [2.45, 2.75) is 0 Å². The number of morpholine rings is 1. The smallest absolute Gasteiger partial charge is 0.254 e. The van der Waals surface area contributed by atoms with Gasteiger partial charge in [-0.15, -0.1) is 0 Å². The number of aliphatic hydroxyl groups excluding tert-OH is 1. The van der Waals surface area contributed by atoms with E-state index in [1.165, 1.54) is 0 Å². The molecule has 2 fully saturated rings. The Kier molecular flexibility index (Phi) is 6.34. The summed E-state index contributed by atoms with van der Waals surface area (Å²) in [5, 5.41) is 9.78. The first-order valence-electron chi connectivity index (χ1n) is 9.08. The Morgan fingerprint density at radius 2 is 1.73 bits per heavy atom. The van der Waals surface area contributed by atoms with Gasteiger partial charge in [-0.3, -0.25) is 9.69 Å². The number of carbonyl (C=O) groups excluding carboxylic acids is 1. The summed E-state index contributed by atoms with van der Waals surface area (Å²) in [5.74, 6) is 1.51. The lowest BCUT2D eigenvalue weighted by Crippen LogP contribution is -2.41. The third kappa shape index (κ3) is 4.28. The standard InChI is InChI=1S/C19H28N2O5/c1-24-17-7-14(8-18(9-17)25-2)19(23)21-11-15(16(12-21)13-22)10-20-3-5-26-6-4-20/h7-9,15-16,22H,3-6,10-13H2,1-2H3/t15-,16-/m1/s1. The summed E-state index contributed by atoms with van der Waals surface area (Å²) in [7, 11) is 3.14. The van der Waals surface area contributed by atoms with E-state index in [2.05, 4.69) is 4.90 Å². The third-order valence-electron chi connectivity index (χ3n) is 5.29. The summed E-state index contributed by atoms with van der Waals surface area (Å²) in [6.07, 6.45) is 0. The second-order valence-corrected chi connectivity index (χ2v) is 6.93. The van der Waals surface area contributed by atoms with Crippen molar-refractivity contribution >= 4 is 5.91 Å². The maximum Gasteiger partial charge on any atom is 0.254 e. The summed E-state index contributed by atoms with van der Waals surface area (Å²) in [6, 6.07) is 5.21. The van der Waals surface area contributed by atoms with E-state index in [1.54, 1.807) is 32.4 Å². The second-order valence-electron chi connectivity index (χ2n) is 6.93. The van der Waals surface area contributed by atoms with Crippen molar-refractivity contribution in [3.05, 3.63) is 23.8 Å². The molecule has 26 heavy (non-hydrogen) atoms. The Hall–Kier alpha value is -1.83. The van der Waals surface area contributed by atoms with Crippen molar-refractivity contribution < 1.29 is 24.1 Å². The van der Waals surface area contributed by atoms with Gasteiger partial charge in [0.15, 0.2) is 0 Å². The summed E-state index contributed by atoms with van der Waals surface area (Å²) in [6.45, 7) is 5.54. The fraction of sp³-hybridized carbons (Fsp3) is 0.632. The van der Waals surface area contributed by atoms with Crippen molar-refractivity contribution in [3.63, 3.8) is 0 Å². The van der Waals surface area contributed by atoms with Gasteiger partial charge in [-0.1, -0.05) is 0 Å². The molecule has 2 aliphatic heterocycles. The molecule has 2 aliphatic rings. The van der Waals surface area contributed by atoms with E-state index in [0.29, 0.717) is 30.2 Å². The number of methoxy groups -OCH3 is 2. The first-order valence-corrected chi connectivity index (χ1v) is 9.08. The quantitative estimate of drug-likeness (QED) is 0.802. The number of benzene rings is 1. The number of amides is 1. The SMILES string of the molecule is COc1cc(OC)cc(C(=O)N2C[C@@H](CN3CCOCC3)[C@@H](CO)C2)c1. The summed E-state index contributed by atoms with van der Waals surface area (Å²) in [5.41, 5.74) is 0.546. The van der Waals surface area contributed by atoms with E-state index >= 15 is 0 Å². The molecule has 0 spiro atoms. The van der Waals surface area contributed by atoms with E-state index < -0.39 is 0 Å². The van der Waals surface area contributed by atoms with Crippen LogP contribution in [0.25, 0.3) is 0 Å². The highest BCUT2D eigenvalue weighted by Gasteiger charge is 2.36.